The summed E-state index contributed by atoms with van der Waals surface area (Å²) in [5.74, 6) is 0. The predicted molar refractivity (Wildman–Crippen MR) is 52.1 cm³/mol. The quantitative estimate of drug-likeness (QED) is 0.606. The number of nitrogens with one attached hydrogen (secondary N) is 1. The second kappa shape index (κ2) is 2.86. The summed E-state index contributed by atoms with van der Waals surface area (Å²) in [4.78, 5) is 0. The Morgan fingerprint density at radius 1 is 1.62 bits per heavy atom. The Bertz CT molecular complexity index is 276. The Kier molecular flexibility index (Phi) is 1.94. The van der Waals surface area contributed by atoms with Crippen molar-refractivity contribution < 1.29 is 4.39 Å². The molecule has 1 heterocycles. The number of rotatable bonds is 0. The molecule has 0 saturated carbocycles. The van der Waals surface area contributed by atoms with Crippen molar-refractivity contribution in [3.8, 4) is 0 Å². The summed E-state index contributed by atoms with van der Waals surface area (Å²) in [5, 5.41) is 3.38. The molecule has 0 saturated heterocycles. The van der Waals surface area contributed by atoms with Crippen LogP contribution in [0.3, 0.4) is 0 Å². The average Bonchev–Trinajstić information content (AvgIpc) is 2.05. The molecule has 2 heteroatoms. The molecule has 0 aromatic carbocycles. The van der Waals surface area contributed by atoms with Gasteiger partial charge in [0, 0.05) is 18.2 Å². The predicted octanol–water partition coefficient (Wildman–Crippen LogP) is 2.70. The summed E-state index contributed by atoms with van der Waals surface area (Å²) in [6, 6.07) is 0.535. The molecular weight excluding hydrogens is 165 g/mol. The normalized spacial score (nSPS) is 38.5. The fourth-order valence-electron chi connectivity index (χ4n) is 2.05. The molecule has 0 aromatic heterocycles. The molecule has 2 atom stereocenters. The van der Waals surface area contributed by atoms with E-state index in [4.69, 9.17) is 0 Å². The van der Waals surface area contributed by atoms with Crippen LogP contribution in [0.1, 0.15) is 33.1 Å². The van der Waals surface area contributed by atoms with E-state index in [0.717, 1.165) is 18.5 Å². The van der Waals surface area contributed by atoms with Gasteiger partial charge < -0.3 is 5.32 Å². The van der Waals surface area contributed by atoms with Crippen LogP contribution in [0.2, 0.25) is 0 Å². The third-order valence-electron chi connectivity index (χ3n) is 2.82. The first-order valence-electron chi connectivity index (χ1n) is 4.93. The van der Waals surface area contributed by atoms with E-state index in [1.165, 1.54) is 5.57 Å². The van der Waals surface area contributed by atoms with Crippen LogP contribution >= 0.6 is 0 Å². The zero-order valence-electron chi connectivity index (χ0n) is 8.23. The molecule has 0 bridgehead atoms. The zero-order valence-corrected chi connectivity index (χ0v) is 8.23. The molecule has 72 valence electrons. The zero-order chi connectivity index (χ0) is 9.47. The molecule has 0 fully saturated rings. The van der Waals surface area contributed by atoms with Gasteiger partial charge in [-0.25, -0.2) is 4.39 Å². The second-order valence-corrected chi connectivity index (χ2v) is 4.39. The van der Waals surface area contributed by atoms with Gasteiger partial charge in [-0.1, -0.05) is 0 Å². The summed E-state index contributed by atoms with van der Waals surface area (Å²) >= 11 is 0. The minimum absolute atomic E-state index is 0.535. The standard InChI is InChI=1S/C11H16FN/c1-8-3-4-9-7-11(2,12)6-5-10(9)13-8/h5-6,8,13H,3-4,7H2,1-2H3. The summed E-state index contributed by atoms with van der Waals surface area (Å²) in [7, 11) is 0. The topological polar surface area (TPSA) is 12.0 Å². The van der Waals surface area contributed by atoms with Gasteiger partial charge >= 0.3 is 0 Å². The van der Waals surface area contributed by atoms with Gasteiger partial charge in [-0.2, -0.15) is 0 Å². The number of alkyl halides is 1. The Morgan fingerprint density at radius 2 is 2.38 bits per heavy atom. The summed E-state index contributed by atoms with van der Waals surface area (Å²) < 4.78 is 13.6. The highest BCUT2D eigenvalue weighted by atomic mass is 19.1. The lowest BCUT2D eigenvalue weighted by Gasteiger charge is -2.31. The van der Waals surface area contributed by atoms with E-state index in [-0.39, 0.29) is 0 Å². The SMILES string of the molecule is CC1CCC2=C(C=CC(C)(F)C2)N1. The summed E-state index contributed by atoms with van der Waals surface area (Å²) in [6.45, 7) is 3.81. The molecule has 0 spiro atoms. The Labute approximate surface area is 78.7 Å². The molecule has 2 aliphatic rings. The fourth-order valence-corrected chi connectivity index (χ4v) is 2.05. The maximum atomic E-state index is 13.6. The lowest BCUT2D eigenvalue weighted by Crippen LogP contribution is -2.33. The number of halogens is 1. The van der Waals surface area contributed by atoms with Crippen molar-refractivity contribution in [3.63, 3.8) is 0 Å². The van der Waals surface area contributed by atoms with Crippen LogP contribution in [0, 0.1) is 0 Å². The van der Waals surface area contributed by atoms with Crippen molar-refractivity contribution in [3.05, 3.63) is 23.4 Å². The van der Waals surface area contributed by atoms with Crippen molar-refractivity contribution in [1.29, 1.82) is 0 Å². The average molecular weight is 181 g/mol. The van der Waals surface area contributed by atoms with Crippen molar-refractivity contribution in [2.24, 2.45) is 0 Å². The lowest BCUT2D eigenvalue weighted by atomic mass is 9.86. The van der Waals surface area contributed by atoms with Gasteiger partial charge in [0.15, 0.2) is 0 Å². The Morgan fingerprint density at radius 3 is 3.15 bits per heavy atom. The number of hydrogen-bond acceptors (Lipinski definition) is 1. The summed E-state index contributed by atoms with van der Waals surface area (Å²) in [6.07, 6.45) is 6.31. The number of allylic oxidation sites excluding steroid dienone is 3. The van der Waals surface area contributed by atoms with Crippen LogP contribution in [0.25, 0.3) is 0 Å². The number of hydrogen-bond donors (Lipinski definition) is 1. The minimum atomic E-state index is -1.12. The molecule has 2 unspecified atom stereocenters. The Hall–Kier alpha value is -0.790. The molecule has 1 aliphatic carbocycles. The van der Waals surface area contributed by atoms with E-state index in [2.05, 4.69) is 12.2 Å². The minimum Gasteiger partial charge on any atom is -0.383 e. The fraction of sp³-hybridized carbons (Fsp3) is 0.636. The van der Waals surface area contributed by atoms with Crippen LogP contribution in [-0.2, 0) is 0 Å². The maximum Gasteiger partial charge on any atom is 0.130 e. The molecule has 1 aliphatic heterocycles. The van der Waals surface area contributed by atoms with Crippen molar-refractivity contribution in [2.45, 2.75) is 44.8 Å². The largest absolute Gasteiger partial charge is 0.383 e. The van der Waals surface area contributed by atoms with Gasteiger partial charge in [0.25, 0.3) is 0 Å². The van der Waals surface area contributed by atoms with E-state index in [0.29, 0.717) is 12.5 Å². The third-order valence-corrected chi connectivity index (χ3v) is 2.82. The Balaban J connectivity index is 2.21. The van der Waals surface area contributed by atoms with Crippen molar-refractivity contribution >= 4 is 0 Å². The van der Waals surface area contributed by atoms with Gasteiger partial charge in [0.05, 0.1) is 0 Å². The first-order valence-corrected chi connectivity index (χ1v) is 4.93. The van der Waals surface area contributed by atoms with E-state index in [9.17, 15) is 4.39 Å². The van der Waals surface area contributed by atoms with Crippen LogP contribution in [0.15, 0.2) is 23.4 Å². The van der Waals surface area contributed by atoms with Gasteiger partial charge in [-0.05, 0) is 44.4 Å². The van der Waals surface area contributed by atoms with E-state index in [1.54, 1.807) is 13.0 Å². The van der Waals surface area contributed by atoms with E-state index >= 15 is 0 Å². The first-order chi connectivity index (χ1) is 6.07. The molecule has 0 aromatic rings. The highest BCUT2D eigenvalue weighted by Gasteiger charge is 2.28. The molecule has 13 heavy (non-hydrogen) atoms. The highest BCUT2D eigenvalue weighted by molar-refractivity contribution is 5.34. The van der Waals surface area contributed by atoms with Gasteiger partial charge in [0.1, 0.15) is 5.67 Å². The van der Waals surface area contributed by atoms with Crippen LogP contribution < -0.4 is 5.32 Å². The monoisotopic (exact) mass is 181 g/mol. The maximum absolute atomic E-state index is 13.6. The second-order valence-electron chi connectivity index (χ2n) is 4.39. The van der Waals surface area contributed by atoms with E-state index < -0.39 is 5.67 Å². The smallest absolute Gasteiger partial charge is 0.130 e. The van der Waals surface area contributed by atoms with Crippen LogP contribution in [-0.4, -0.2) is 11.7 Å². The van der Waals surface area contributed by atoms with Crippen LogP contribution in [0.4, 0.5) is 4.39 Å². The highest BCUT2D eigenvalue weighted by Crippen LogP contribution is 2.33. The van der Waals surface area contributed by atoms with E-state index in [1.807, 2.05) is 6.08 Å². The van der Waals surface area contributed by atoms with Crippen molar-refractivity contribution in [1.82, 2.24) is 5.32 Å². The summed E-state index contributed by atoms with van der Waals surface area (Å²) in [5.41, 5.74) is 1.29. The molecule has 2 rings (SSSR count). The van der Waals surface area contributed by atoms with Crippen LogP contribution in [0.5, 0.6) is 0 Å². The van der Waals surface area contributed by atoms with Gasteiger partial charge in [0.2, 0.25) is 0 Å². The lowest BCUT2D eigenvalue weighted by molar-refractivity contribution is 0.247. The first kappa shape index (κ1) is 8.79. The van der Waals surface area contributed by atoms with Gasteiger partial charge in [-0.15, -0.1) is 0 Å². The molecule has 0 radical (unpaired) electrons. The van der Waals surface area contributed by atoms with Crippen molar-refractivity contribution in [2.75, 3.05) is 0 Å². The molecule has 1 nitrogen and oxygen atoms in total. The molecular formula is C11H16FN. The molecule has 1 N–H and O–H groups in total. The molecule has 0 amide bonds. The van der Waals surface area contributed by atoms with Gasteiger partial charge in [-0.3, -0.25) is 0 Å². The third kappa shape index (κ3) is 1.77.